The summed E-state index contributed by atoms with van der Waals surface area (Å²) in [6, 6.07) is 0. The Labute approximate surface area is 75.5 Å². The van der Waals surface area contributed by atoms with E-state index in [9.17, 15) is 0 Å². The molecule has 0 unspecified atom stereocenters. The predicted molar refractivity (Wildman–Crippen MR) is 52.0 cm³/mol. The van der Waals surface area contributed by atoms with Crippen LogP contribution in [0.5, 0.6) is 0 Å². The van der Waals surface area contributed by atoms with Crippen LogP contribution in [0.1, 0.15) is 40.0 Å². The maximum absolute atomic E-state index is 8.64. The standard InChI is InChI=1S/C11H20O/c1-9(6-7-12)4-5-10-8-11(10,2)3/h6,10,12H,4-5,7-8H2,1-3H3/b9-6+/t10-/m0/s1. The molecule has 0 radical (unpaired) electrons. The minimum atomic E-state index is 0.194. The zero-order chi connectivity index (χ0) is 9.19. The lowest BCUT2D eigenvalue weighted by Crippen LogP contribution is -1.91. The van der Waals surface area contributed by atoms with Crippen molar-refractivity contribution in [3.63, 3.8) is 0 Å². The van der Waals surface area contributed by atoms with Crippen LogP contribution in [-0.4, -0.2) is 11.7 Å². The summed E-state index contributed by atoms with van der Waals surface area (Å²) in [5.74, 6) is 0.930. The number of hydrogen-bond acceptors (Lipinski definition) is 1. The lowest BCUT2D eigenvalue weighted by Gasteiger charge is -2.03. The van der Waals surface area contributed by atoms with Gasteiger partial charge in [-0.1, -0.05) is 25.5 Å². The van der Waals surface area contributed by atoms with Gasteiger partial charge in [-0.05, 0) is 37.5 Å². The van der Waals surface area contributed by atoms with Gasteiger partial charge in [0.15, 0.2) is 0 Å². The van der Waals surface area contributed by atoms with Crippen molar-refractivity contribution in [1.82, 2.24) is 0 Å². The second-order valence-electron chi connectivity index (χ2n) is 4.66. The van der Waals surface area contributed by atoms with Gasteiger partial charge in [-0.15, -0.1) is 0 Å². The van der Waals surface area contributed by atoms with Gasteiger partial charge in [0.2, 0.25) is 0 Å². The average molecular weight is 168 g/mol. The van der Waals surface area contributed by atoms with Gasteiger partial charge in [0.1, 0.15) is 0 Å². The fraction of sp³-hybridized carbons (Fsp3) is 0.818. The average Bonchev–Trinajstić information content (AvgIpc) is 2.56. The number of aliphatic hydroxyl groups excluding tert-OH is 1. The summed E-state index contributed by atoms with van der Waals surface area (Å²) in [5, 5.41) is 8.64. The molecule has 0 aliphatic heterocycles. The van der Waals surface area contributed by atoms with E-state index in [0.29, 0.717) is 5.41 Å². The van der Waals surface area contributed by atoms with Crippen LogP contribution in [0.4, 0.5) is 0 Å². The predicted octanol–water partition coefficient (Wildman–Crippen LogP) is 2.75. The van der Waals surface area contributed by atoms with E-state index >= 15 is 0 Å². The fourth-order valence-corrected chi connectivity index (χ4v) is 1.73. The molecule has 12 heavy (non-hydrogen) atoms. The molecule has 1 rings (SSSR count). The van der Waals surface area contributed by atoms with Crippen molar-refractivity contribution in [2.75, 3.05) is 6.61 Å². The van der Waals surface area contributed by atoms with E-state index < -0.39 is 0 Å². The van der Waals surface area contributed by atoms with Crippen LogP contribution in [-0.2, 0) is 0 Å². The van der Waals surface area contributed by atoms with Gasteiger partial charge in [0.25, 0.3) is 0 Å². The molecule has 0 aromatic heterocycles. The zero-order valence-electron chi connectivity index (χ0n) is 8.43. The maximum atomic E-state index is 8.64. The molecule has 0 aromatic rings. The summed E-state index contributed by atoms with van der Waals surface area (Å²) in [6.45, 7) is 6.97. The van der Waals surface area contributed by atoms with E-state index in [2.05, 4.69) is 20.8 Å². The fourth-order valence-electron chi connectivity index (χ4n) is 1.73. The summed E-state index contributed by atoms with van der Waals surface area (Å²) in [5.41, 5.74) is 1.94. The zero-order valence-corrected chi connectivity index (χ0v) is 8.43. The second-order valence-corrected chi connectivity index (χ2v) is 4.66. The number of allylic oxidation sites excluding steroid dienone is 1. The molecule has 0 aromatic carbocycles. The van der Waals surface area contributed by atoms with E-state index in [0.717, 1.165) is 12.3 Å². The van der Waals surface area contributed by atoms with E-state index in [1.54, 1.807) is 0 Å². The molecule has 1 heteroatoms. The SMILES string of the molecule is C/C(=C\CO)CC[C@H]1CC1(C)C. The van der Waals surface area contributed by atoms with Gasteiger partial charge < -0.3 is 5.11 Å². The first-order chi connectivity index (χ1) is 5.56. The van der Waals surface area contributed by atoms with Crippen molar-refractivity contribution >= 4 is 0 Å². The molecule has 1 nitrogen and oxygen atoms in total. The minimum absolute atomic E-state index is 0.194. The highest BCUT2D eigenvalue weighted by molar-refractivity contribution is 5.02. The van der Waals surface area contributed by atoms with E-state index in [1.807, 2.05) is 6.08 Å². The Morgan fingerprint density at radius 2 is 2.17 bits per heavy atom. The quantitative estimate of drug-likeness (QED) is 0.640. The van der Waals surface area contributed by atoms with Crippen LogP contribution in [0, 0.1) is 11.3 Å². The summed E-state index contributed by atoms with van der Waals surface area (Å²) >= 11 is 0. The maximum Gasteiger partial charge on any atom is 0.0614 e. The number of aliphatic hydroxyl groups is 1. The molecule has 0 bridgehead atoms. The lowest BCUT2D eigenvalue weighted by atomic mass is 10.0. The molecule has 1 atom stereocenters. The Hall–Kier alpha value is -0.300. The first-order valence-electron chi connectivity index (χ1n) is 4.83. The van der Waals surface area contributed by atoms with Gasteiger partial charge in [0.05, 0.1) is 6.61 Å². The summed E-state index contributed by atoms with van der Waals surface area (Å²) in [4.78, 5) is 0. The highest BCUT2D eigenvalue weighted by atomic mass is 16.2. The molecule has 70 valence electrons. The molecule has 0 spiro atoms. The van der Waals surface area contributed by atoms with Gasteiger partial charge in [-0.3, -0.25) is 0 Å². The van der Waals surface area contributed by atoms with Crippen molar-refractivity contribution < 1.29 is 5.11 Å². The third-order valence-electron chi connectivity index (χ3n) is 3.04. The molecule has 0 heterocycles. The highest BCUT2D eigenvalue weighted by Gasteiger charge is 2.44. The van der Waals surface area contributed by atoms with Crippen LogP contribution in [0.15, 0.2) is 11.6 Å². The molecule has 1 N–H and O–H groups in total. The Kier molecular flexibility index (Phi) is 2.94. The Morgan fingerprint density at radius 3 is 2.58 bits per heavy atom. The molecule has 1 fully saturated rings. The van der Waals surface area contributed by atoms with E-state index in [1.165, 1.54) is 18.4 Å². The first kappa shape index (κ1) is 9.79. The molecular formula is C11H20O. The van der Waals surface area contributed by atoms with Crippen molar-refractivity contribution in [3.8, 4) is 0 Å². The van der Waals surface area contributed by atoms with Gasteiger partial charge in [0, 0.05) is 0 Å². The van der Waals surface area contributed by atoms with Crippen molar-refractivity contribution in [2.45, 2.75) is 40.0 Å². The summed E-state index contributed by atoms with van der Waals surface area (Å²) in [6.07, 6.45) is 5.76. The highest BCUT2D eigenvalue weighted by Crippen LogP contribution is 2.54. The van der Waals surface area contributed by atoms with Crippen LogP contribution in [0.25, 0.3) is 0 Å². The Balaban J connectivity index is 2.15. The Bertz CT molecular complexity index is 179. The lowest BCUT2D eigenvalue weighted by molar-refractivity contribution is 0.341. The van der Waals surface area contributed by atoms with Gasteiger partial charge >= 0.3 is 0 Å². The topological polar surface area (TPSA) is 20.2 Å². The number of hydrogen-bond donors (Lipinski definition) is 1. The van der Waals surface area contributed by atoms with Gasteiger partial charge in [-0.25, -0.2) is 0 Å². The largest absolute Gasteiger partial charge is 0.392 e. The minimum Gasteiger partial charge on any atom is -0.392 e. The summed E-state index contributed by atoms with van der Waals surface area (Å²) < 4.78 is 0. The van der Waals surface area contributed by atoms with Crippen molar-refractivity contribution in [2.24, 2.45) is 11.3 Å². The third-order valence-corrected chi connectivity index (χ3v) is 3.04. The monoisotopic (exact) mass is 168 g/mol. The van der Waals surface area contributed by atoms with Crippen molar-refractivity contribution in [1.29, 1.82) is 0 Å². The van der Waals surface area contributed by atoms with E-state index in [-0.39, 0.29) is 6.61 Å². The second kappa shape index (κ2) is 3.61. The molecular weight excluding hydrogens is 148 g/mol. The van der Waals surface area contributed by atoms with Crippen LogP contribution in [0.2, 0.25) is 0 Å². The third kappa shape index (κ3) is 2.63. The molecule has 1 aliphatic rings. The van der Waals surface area contributed by atoms with Crippen LogP contribution >= 0.6 is 0 Å². The van der Waals surface area contributed by atoms with Crippen molar-refractivity contribution in [3.05, 3.63) is 11.6 Å². The normalized spacial score (nSPS) is 27.3. The summed E-state index contributed by atoms with van der Waals surface area (Å²) in [7, 11) is 0. The van der Waals surface area contributed by atoms with Gasteiger partial charge in [-0.2, -0.15) is 0 Å². The first-order valence-corrected chi connectivity index (χ1v) is 4.83. The molecule has 1 saturated carbocycles. The Morgan fingerprint density at radius 1 is 1.58 bits per heavy atom. The number of rotatable bonds is 4. The smallest absolute Gasteiger partial charge is 0.0614 e. The van der Waals surface area contributed by atoms with Crippen LogP contribution < -0.4 is 0 Å². The molecule has 0 saturated heterocycles. The molecule has 0 amide bonds. The van der Waals surface area contributed by atoms with E-state index in [4.69, 9.17) is 5.11 Å². The molecule has 1 aliphatic carbocycles. The van der Waals surface area contributed by atoms with Crippen LogP contribution in [0.3, 0.4) is 0 Å².